The number of nitrogens with zero attached hydrogens (tertiary/aromatic N) is 2. The standard InChI is InChI=1S/C16H17ClN2O2/c1-12-14(3-2-8-18-12)10-19(11-16(20)21)9-13-4-6-15(17)7-5-13/h2-8H,9-11H2,1H3,(H,20,21). The molecule has 1 heterocycles. The zero-order valence-electron chi connectivity index (χ0n) is 11.8. The molecule has 1 aromatic carbocycles. The van der Waals surface area contributed by atoms with Gasteiger partial charge in [-0.25, -0.2) is 0 Å². The number of halogens is 1. The summed E-state index contributed by atoms with van der Waals surface area (Å²) in [5.41, 5.74) is 2.99. The Balaban J connectivity index is 2.12. The second kappa shape index (κ2) is 7.20. The summed E-state index contributed by atoms with van der Waals surface area (Å²) in [4.78, 5) is 17.2. The van der Waals surface area contributed by atoms with Crippen LogP contribution in [-0.4, -0.2) is 27.5 Å². The minimum Gasteiger partial charge on any atom is -0.480 e. The fourth-order valence-corrected chi connectivity index (χ4v) is 2.26. The Morgan fingerprint density at radius 2 is 1.95 bits per heavy atom. The van der Waals surface area contributed by atoms with Crippen LogP contribution in [0.5, 0.6) is 0 Å². The third-order valence-electron chi connectivity index (χ3n) is 3.19. The van der Waals surface area contributed by atoms with Gasteiger partial charge in [0.05, 0.1) is 6.54 Å². The molecule has 5 heteroatoms. The van der Waals surface area contributed by atoms with Crippen molar-refractivity contribution in [3.63, 3.8) is 0 Å². The summed E-state index contributed by atoms with van der Waals surface area (Å²) in [6.07, 6.45) is 1.74. The van der Waals surface area contributed by atoms with Gasteiger partial charge in [0, 0.05) is 30.0 Å². The maximum absolute atomic E-state index is 11.1. The van der Waals surface area contributed by atoms with Crippen LogP contribution in [0.2, 0.25) is 5.02 Å². The molecule has 0 aliphatic heterocycles. The van der Waals surface area contributed by atoms with E-state index in [1.807, 2.05) is 48.2 Å². The molecule has 0 amide bonds. The normalized spacial score (nSPS) is 10.8. The van der Waals surface area contributed by atoms with Crippen molar-refractivity contribution in [1.29, 1.82) is 0 Å². The zero-order valence-corrected chi connectivity index (χ0v) is 12.5. The van der Waals surface area contributed by atoms with Gasteiger partial charge in [-0.3, -0.25) is 14.7 Å². The van der Waals surface area contributed by atoms with Gasteiger partial charge >= 0.3 is 5.97 Å². The lowest BCUT2D eigenvalue weighted by atomic mass is 10.1. The maximum atomic E-state index is 11.1. The Morgan fingerprint density at radius 3 is 2.57 bits per heavy atom. The van der Waals surface area contributed by atoms with Gasteiger partial charge in [0.1, 0.15) is 0 Å². The average Bonchev–Trinajstić information content (AvgIpc) is 2.43. The highest BCUT2D eigenvalue weighted by atomic mass is 35.5. The van der Waals surface area contributed by atoms with Crippen molar-refractivity contribution in [3.05, 3.63) is 64.4 Å². The van der Waals surface area contributed by atoms with Crippen LogP contribution in [0.25, 0.3) is 0 Å². The SMILES string of the molecule is Cc1ncccc1CN(CC(=O)O)Cc1ccc(Cl)cc1. The van der Waals surface area contributed by atoms with Crippen molar-refractivity contribution < 1.29 is 9.90 Å². The van der Waals surface area contributed by atoms with Gasteiger partial charge in [0.2, 0.25) is 0 Å². The fraction of sp³-hybridized carbons (Fsp3) is 0.250. The van der Waals surface area contributed by atoms with Crippen LogP contribution in [0.1, 0.15) is 16.8 Å². The minimum atomic E-state index is -0.842. The molecule has 2 aromatic rings. The van der Waals surface area contributed by atoms with Gasteiger partial charge in [0.15, 0.2) is 0 Å². The summed E-state index contributed by atoms with van der Waals surface area (Å²) in [5.74, 6) is -0.842. The summed E-state index contributed by atoms with van der Waals surface area (Å²) in [5, 5.41) is 9.75. The van der Waals surface area contributed by atoms with Crippen molar-refractivity contribution in [2.45, 2.75) is 20.0 Å². The van der Waals surface area contributed by atoms with E-state index in [1.54, 1.807) is 6.20 Å². The third-order valence-corrected chi connectivity index (χ3v) is 3.44. The Kier molecular flexibility index (Phi) is 5.31. The molecule has 1 N–H and O–H groups in total. The molecule has 110 valence electrons. The molecule has 0 bridgehead atoms. The van der Waals surface area contributed by atoms with Gasteiger partial charge in [0.25, 0.3) is 0 Å². The fourth-order valence-electron chi connectivity index (χ4n) is 2.13. The number of rotatable bonds is 6. The molecule has 2 rings (SSSR count). The first-order valence-electron chi connectivity index (χ1n) is 6.63. The van der Waals surface area contributed by atoms with Crippen molar-refractivity contribution in [2.24, 2.45) is 0 Å². The molecular weight excluding hydrogens is 288 g/mol. The van der Waals surface area contributed by atoms with Crippen LogP contribution in [0.15, 0.2) is 42.6 Å². The quantitative estimate of drug-likeness (QED) is 0.891. The summed E-state index contributed by atoms with van der Waals surface area (Å²) >= 11 is 5.87. The molecule has 0 unspecified atom stereocenters. The van der Waals surface area contributed by atoms with Crippen LogP contribution in [-0.2, 0) is 17.9 Å². The maximum Gasteiger partial charge on any atom is 0.317 e. The van der Waals surface area contributed by atoms with E-state index in [-0.39, 0.29) is 6.54 Å². The predicted octanol–water partition coefficient (Wildman–Crippen LogP) is 3.13. The third kappa shape index (κ3) is 4.85. The first kappa shape index (κ1) is 15.5. The number of hydrogen-bond donors (Lipinski definition) is 1. The van der Waals surface area contributed by atoms with E-state index in [0.717, 1.165) is 16.8 Å². The number of hydrogen-bond acceptors (Lipinski definition) is 3. The van der Waals surface area contributed by atoms with E-state index >= 15 is 0 Å². The average molecular weight is 305 g/mol. The lowest BCUT2D eigenvalue weighted by Crippen LogP contribution is -2.29. The van der Waals surface area contributed by atoms with Crippen LogP contribution >= 0.6 is 11.6 Å². The minimum absolute atomic E-state index is 0.0169. The number of benzene rings is 1. The summed E-state index contributed by atoms with van der Waals surface area (Å²) in [7, 11) is 0. The number of aryl methyl sites for hydroxylation is 1. The number of carboxylic acids is 1. The largest absolute Gasteiger partial charge is 0.480 e. The molecule has 0 aliphatic carbocycles. The second-order valence-electron chi connectivity index (χ2n) is 4.91. The number of pyridine rings is 1. The van der Waals surface area contributed by atoms with Crippen LogP contribution in [0.4, 0.5) is 0 Å². The van der Waals surface area contributed by atoms with Crippen LogP contribution in [0.3, 0.4) is 0 Å². The highest BCUT2D eigenvalue weighted by Gasteiger charge is 2.12. The lowest BCUT2D eigenvalue weighted by molar-refractivity contribution is -0.138. The summed E-state index contributed by atoms with van der Waals surface area (Å²) in [6.45, 7) is 3.01. The Hall–Kier alpha value is -1.91. The molecule has 0 saturated carbocycles. The molecule has 0 spiro atoms. The Bertz CT molecular complexity index is 614. The number of carboxylic acid groups (broad SMARTS) is 1. The first-order chi connectivity index (χ1) is 10.0. The Morgan fingerprint density at radius 1 is 1.24 bits per heavy atom. The van der Waals surface area contributed by atoms with Gasteiger partial charge < -0.3 is 5.11 Å². The van der Waals surface area contributed by atoms with Gasteiger partial charge in [-0.2, -0.15) is 0 Å². The molecule has 0 radical (unpaired) electrons. The molecule has 0 atom stereocenters. The van der Waals surface area contributed by atoms with E-state index < -0.39 is 5.97 Å². The second-order valence-corrected chi connectivity index (χ2v) is 5.35. The monoisotopic (exact) mass is 304 g/mol. The lowest BCUT2D eigenvalue weighted by Gasteiger charge is -2.21. The molecular formula is C16H17ClN2O2. The first-order valence-corrected chi connectivity index (χ1v) is 7.01. The van der Waals surface area contributed by atoms with E-state index in [0.29, 0.717) is 18.1 Å². The molecule has 0 saturated heterocycles. The molecule has 1 aromatic heterocycles. The zero-order chi connectivity index (χ0) is 15.2. The molecule has 0 aliphatic rings. The van der Waals surface area contributed by atoms with Gasteiger partial charge in [-0.1, -0.05) is 29.8 Å². The highest BCUT2D eigenvalue weighted by Crippen LogP contribution is 2.14. The van der Waals surface area contributed by atoms with E-state index in [4.69, 9.17) is 16.7 Å². The number of carbonyl (C=O) groups is 1. The van der Waals surface area contributed by atoms with E-state index in [1.165, 1.54) is 0 Å². The summed E-state index contributed by atoms with van der Waals surface area (Å²) in [6, 6.07) is 11.3. The number of aliphatic carboxylic acids is 1. The van der Waals surface area contributed by atoms with Gasteiger partial charge in [-0.15, -0.1) is 0 Å². The topological polar surface area (TPSA) is 53.4 Å². The van der Waals surface area contributed by atoms with Crippen LogP contribution < -0.4 is 0 Å². The van der Waals surface area contributed by atoms with Gasteiger partial charge in [-0.05, 0) is 36.2 Å². The van der Waals surface area contributed by atoms with E-state index in [9.17, 15) is 4.79 Å². The highest BCUT2D eigenvalue weighted by molar-refractivity contribution is 6.30. The van der Waals surface area contributed by atoms with Crippen molar-refractivity contribution in [1.82, 2.24) is 9.88 Å². The van der Waals surface area contributed by atoms with Crippen LogP contribution in [0, 0.1) is 6.92 Å². The smallest absolute Gasteiger partial charge is 0.317 e. The number of aromatic nitrogens is 1. The van der Waals surface area contributed by atoms with Crippen molar-refractivity contribution in [2.75, 3.05) is 6.54 Å². The Labute approximate surface area is 129 Å². The van der Waals surface area contributed by atoms with Crippen molar-refractivity contribution >= 4 is 17.6 Å². The summed E-state index contributed by atoms with van der Waals surface area (Å²) < 4.78 is 0. The van der Waals surface area contributed by atoms with Crippen molar-refractivity contribution in [3.8, 4) is 0 Å². The molecule has 21 heavy (non-hydrogen) atoms. The predicted molar refractivity (Wildman–Crippen MR) is 82.2 cm³/mol. The van der Waals surface area contributed by atoms with E-state index in [2.05, 4.69) is 4.98 Å². The molecule has 4 nitrogen and oxygen atoms in total. The molecule has 0 fully saturated rings.